The van der Waals surface area contributed by atoms with Crippen molar-refractivity contribution in [2.75, 3.05) is 17.7 Å². The number of amides is 1. The summed E-state index contributed by atoms with van der Waals surface area (Å²) in [7, 11) is 0. The lowest BCUT2D eigenvalue weighted by Crippen LogP contribution is -2.22. The van der Waals surface area contributed by atoms with Gasteiger partial charge >= 0.3 is 0 Å². The zero-order chi connectivity index (χ0) is 19.2. The lowest BCUT2D eigenvalue weighted by Gasteiger charge is -2.09. The van der Waals surface area contributed by atoms with Gasteiger partial charge in [0.15, 0.2) is 10.3 Å². The summed E-state index contributed by atoms with van der Waals surface area (Å²) in [5, 5.41) is 5.24. The number of hydrogen-bond donors (Lipinski definition) is 2. The van der Waals surface area contributed by atoms with Crippen LogP contribution in [0.15, 0.2) is 41.1 Å². The van der Waals surface area contributed by atoms with Crippen molar-refractivity contribution in [1.82, 2.24) is 19.9 Å². The number of benzene rings is 1. The number of thioether (sulfide) groups is 1. The summed E-state index contributed by atoms with van der Waals surface area (Å²) in [6, 6.07) is 7.68. The maximum Gasteiger partial charge on any atom is 0.239 e. The molecule has 3 aromatic rings. The van der Waals surface area contributed by atoms with Crippen molar-refractivity contribution in [3.05, 3.63) is 36.0 Å². The van der Waals surface area contributed by atoms with Gasteiger partial charge in [-0.25, -0.2) is 15.0 Å². The largest absolute Gasteiger partial charge is 0.494 e. The normalized spacial score (nSPS) is 11.8. The number of ether oxygens (including phenoxy) is 1. The molecule has 2 aromatic heterocycles. The van der Waals surface area contributed by atoms with Crippen LogP contribution in [0.4, 0.5) is 11.1 Å². The Labute approximate surface area is 164 Å². The highest BCUT2D eigenvalue weighted by Gasteiger charge is 2.18. The van der Waals surface area contributed by atoms with E-state index in [1.54, 1.807) is 6.92 Å². The lowest BCUT2D eigenvalue weighted by molar-refractivity contribution is -0.115. The van der Waals surface area contributed by atoms with E-state index in [1.807, 2.05) is 36.6 Å². The minimum absolute atomic E-state index is 0.125. The highest BCUT2D eigenvalue weighted by molar-refractivity contribution is 8.00. The first-order valence-electron chi connectivity index (χ1n) is 8.16. The number of rotatable bonds is 7. The molecular formula is C17H18N6O2S2. The molecule has 10 heteroatoms. The van der Waals surface area contributed by atoms with Crippen LogP contribution in [-0.4, -0.2) is 37.7 Å². The number of anilines is 2. The topological polar surface area (TPSA) is 116 Å². The second kappa shape index (κ2) is 8.78. The van der Waals surface area contributed by atoms with E-state index < -0.39 is 5.25 Å². The average Bonchev–Trinajstić information content (AvgIpc) is 3.11. The summed E-state index contributed by atoms with van der Waals surface area (Å²) in [4.78, 5) is 28.6. The summed E-state index contributed by atoms with van der Waals surface area (Å²) < 4.78 is 5.44. The predicted octanol–water partition coefficient (Wildman–Crippen LogP) is 3.10. The molecule has 0 saturated heterocycles. The predicted molar refractivity (Wildman–Crippen MR) is 107 cm³/mol. The highest BCUT2D eigenvalue weighted by Crippen LogP contribution is 2.27. The maximum absolute atomic E-state index is 12.4. The first kappa shape index (κ1) is 19.1. The molecule has 27 heavy (non-hydrogen) atoms. The van der Waals surface area contributed by atoms with Crippen molar-refractivity contribution in [2.45, 2.75) is 24.3 Å². The summed E-state index contributed by atoms with van der Waals surface area (Å²) in [6.07, 6.45) is 1.32. The summed E-state index contributed by atoms with van der Waals surface area (Å²) in [5.41, 5.74) is 7.28. The fraction of sp³-hybridized carbons (Fsp3) is 0.235. The Morgan fingerprint density at radius 2 is 2.07 bits per heavy atom. The van der Waals surface area contributed by atoms with Crippen LogP contribution in [0, 0.1) is 0 Å². The second-order valence-corrected chi connectivity index (χ2v) is 7.54. The van der Waals surface area contributed by atoms with Gasteiger partial charge in [0.05, 0.1) is 17.6 Å². The van der Waals surface area contributed by atoms with Crippen LogP contribution in [0.25, 0.3) is 11.3 Å². The molecule has 0 spiro atoms. The molecule has 1 amide bonds. The minimum atomic E-state index is -0.412. The number of hydrogen-bond acceptors (Lipinski definition) is 9. The standard InChI is InChI=1S/C17H18N6O2S2/c1-3-25-12-6-4-11(5-7-12)13-8-26-17(21-13)22-14(24)10(2)27-16-20-9-19-15(18)23-16/h4-10H,3H2,1-2H3,(H,21,22,24)(H2,18,19,20,23). The number of aromatic nitrogens is 4. The third-order valence-corrected chi connectivity index (χ3v) is 5.15. The molecule has 8 nitrogen and oxygen atoms in total. The van der Waals surface area contributed by atoms with Crippen LogP contribution in [-0.2, 0) is 4.79 Å². The van der Waals surface area contributed by atoms with Gasteiger partial charge in [-0.15, -0.1) is 11.3 Å². The molecule has 0 aliphatic carbocycles. The van der Waals surface area contributed by atoms with E-state index in [9.17, 15) is 4.79 Å². The van der Waals surface area contributed by atoms with Crippen molar-refractivity contribution in [2.24, 2.45) is 0 Å². The molecular weight excluding hydrogens is 384 g/mol. The molecule has 0 saturated carbocycles. The third-order valence-electron chi connectivity index (χ3n) is 3.42. The first-order chi connectivity index (χ1) is 13.0. The van der Waals surface area contributed by atoms with E-state index in [2.05, 4.69) is 25.3 Å². The lowest BCUT2D eigenvalue weighted by atomic mass is 10.2. The van der Waals surface area contributed by atoms with Crippen molar-refractivity contribution in [1.29, 1.82) is 0 Å². The zero-order valence-corrected chi connectivity index (χ0v) is 16.4. The fourth-order valence-electron chi connectivity index (χ4n) is 2.12. The quantitative estimate of drug-likeness (QED) is 0.579. The van der Waals surface area contributed by atoms with E-state index >= 15 is 0 Å². The van der Waals surface area contributed by atoms with E-state index in [1.165, 1.54) is 29.4 Å². The Balaban J connectivity index is 1.61. The molecule has 0 bridgehead atoms. The molecule has 0 aliphatic heterocycles. The van der Waals surface area contributed by atoms with Crippen LogP contribution < -0.4 is 15.8 Å². The molecule has 0 aliphatic rings. The molecule has 0 fully saturated rings. The first-order valence-corrected chi connectivity index (χ1v) is 9.92. The zero-order valence-electron chi connectivity index (χ0n) is 14.7. The fourth-order valence-corrected chi connectivity index (χ4v) is 3.58. The number of carbonyl (C=O) groups is 1. The van der Waals surface area contributed by atoms with Gasteiger partial charge < -0.3 is 15.8 Å². The van der Waals surface area contributed by atoms with Crippen LogP contribution in [0.3, 0.4) is 0 Å². The number of nitrogens with zero attached hydrogens (tertiary/aromatic N) is 4. The van der Waals surface area contributed by atoms with Crippen LogP contribution in [0.1, 0.15) is 13.8 Å². The summed E-state index contributed by atoms with van der Waals surface area (Å²) in [6.45, 7) is 4.33. The summed E-state index contributed by atoms with van der Waals surface area (Å²) in [5.74, 6) is 0.751. The van der Waals surface area contributed by atoms with E-state index in [-0.39, 0.29) is 11.9 Å². The molecule has 140 valence electrons. The molecule has 1 aromatic carbocycles. The second-order valence-electron chi connectivity index (χ2n) is 5.37. The number of nitrogens with one attached hydrogen (secondary N) is 1. The van der Waals surface area contributed by atoms with Crippen LogP contribution in [0.2, 0.25) is 0 Å². The van der Waals surface area contributed by atoms with Crippen molar-refractivity contribution in [3.63, 3.8) is 0 Å². The SMILES string of the molecule is CCOc1ccc(-c2csc(NC(=O)C(C)Sc3ncnc(N)n3)n2)cc1. The van der Waals surface area contributed by atoms with Gasteiger partial charge in [-0.1, -0.05) is 11.8 Å². The van der Waals surface area contributed by atoms with Crippen LogP contribution >= 0.6 is 23.1 Å². The van der Waals surface area contributed by atoms with Gasteiger partial charge in [0, 0.05) is 10.9 Å². The summed E-state index contributed by atoms with van der Waals surface area (Å²) >= 11 is 2.57. The Kier molecular flexibility index (Phi) is 6.20. The average molecular weight is 403 g/mol. The van der Waals surface area contributed by atoms with Gasteiger partial charge in [-0.05, 0) is 38.1 Å². The number of thiazole rings is 1. The number of carbonyl (C=O) groups excluding carboxylic acids is 1. The monoisotopic (exact) mass is 402 g/mol. The van der Waals surface area contributed by atoms with Gasteiger partial charge in [0.2, 0.25) is 11.9 Å². The Bertz CT molecular complexity index is 916. The van der Waals surface area contributed by atoms with Gasteiger partial charge in [0.25, 0.3) is 0 Å². The molecule has 1 unspecified atom stereocenters. The third kappa shape index (κ3) is 5.14. The number of nitrogen functional groups attached to an aromatic ring is 1. The minimum Gasteiger partial charge on any atom is -0.494 e. The molecule has 1 atom stereocenters. The molecule has 3 N–H and O–H groups in total. The van der Waals surface area contributed by atoms with Crippen molar-refractivity contribution >= 4 is 40.1 Å². The van der Waals surface area contributed by atoms with Crippen molar-refractivity contribution < 1.29 is 9.53 Å². The van der Waals surface area contributed by atoms with E-state index in [0.29, 0.717) is 16.9 Å². The van der Waals surface area contributed by atoms with E-state index in [0.717, 1.165) is 17.0 Å². The maximum atomic E-state index is 12.4. The van der Waals surface area contributed by atoms with Gasteiger partial charge in [-0.2, -0.15) is 4.98 Å². The van der Waals surface area contributed by atoms with Crippen LogP contribution in [0.5, 0.6) is 5.75 Å². The molecule has 3 rings (SSSR count). The molecule has 2 heterocycles. The van der Waals surface area contributed by atoms with Gasteiger partial charge in [-0.3, -0.25) is 4.79 Å². The molecule has 0 radical (unpaired) electrons. The Hall–Kier alpha value is -2.72. The van der Waals surface area contributed by atoms with E-state index in [4.69, 9.17) is 10.5 Å². The Morgan fingerprint density at radius 3 is 2.78 bits per heavy atom. The highest BCUT2D eigenvalue weighted by atomic mass is 32.2. The number of nitrogens with two attached hydrogens (primary N) is 1. The smallest absolute Gasteiger partial charge is 0.239 e. The van der Waals surface area contributed by atoms with Crippen molar-refractivity contribution in [3.8, 4) is 17.0 Å². The van der Waals surface area contributed by atoms with Gasteiger partial charge in [0.1, 0.15) is 12.1 Å². The Morgan fingerprint density at radius 1 is 1.30 bits per heavy atom.